The van der Waals surface area contributed by atoms with Crippen molar-refractivity contribution in [1.82, 2.24) is 19.7 Å². The maximum Gasteiger partial charge on any atom is 0.416 e. The maximum atomic E-state index is 14.5. The lowest BCUT2D eigenvalue weighted by molar-refractivity contribution is -0.138. The van der Waals surface area contributed by atoms with Gasteiger partial charge in [-0.3, -0.25) is 9.69 Å². The van der Waals surface area contributed by atoms with Crippen molar-refractivity contribution < 1.29 is 18.0 Å². The van der Waals surface area contributed by atoms with E-state index in [4.69, 9.17) is 5.26 Å². The van der Waals surface area contributed by atoms with Crippen molar-refractivity contribution in [2.75, 3.05) is 29.9 Å². The van der Waals surface area contributed by atoms with Crippen molar-refractivity contribution in [2.45, 2.75) is 44.9 Å². The van der Waals surface area contributed by atoms with E-state index in [2.05, 4.69) is 32.6 Å². The van der Waals surface area contributed by atoms with Gasteiger partial charge in [0.15, 0.2) is 5.82 Å². The summed E-state index contributed by atoms with van der Waals surface area (Å²) in [5.74, 6) is 0.0401. The number of alkyl halides is 3. The molecule has 12 heteroatoms. The van der Waals surface area contributed by atoms with Crippen LogP contribution in [0.3, 0.4) is 0 Å². The van der Waals surface area contributed by atoms with E-state index in [-0.39, 0.29) is 24.1 Å². The van der Waals surface area contributed by atoms with Gasteiger partial charge in [0, 0.05) is 49.2 Å². The molecule has 1 N–H and O–H groups in total. The molecule has 3 aromatic carbocycles. The zero-order valence-electron chi connectivity index (χ0n) is 25.7. The number of carbonyl (C=O) groups is 1. The molecule has 47 heavy (non-hydrogen) atoms. The third-order valence-electron chi connectivity index (χ3n) is 9.49. The number of nitrogens with zero attached hydrogens (tertiary/aromatic N) is 7. The Morgan fingerprint density at radius 1 is 1.02 bits per heavy atom. The molecular weight excluding hydrogens is 605 g/mol. The monoisotopic (exact) mass is 636 g/mol. The highest BCUT2D eigenvalue weighted by molar-refractivity contribution is 6.11. The number of hydrogen-bond donors (Lipinski definition) is 1. The molecule has 7 rings (SSSR count). The second kappa shape index (κ2) is 11.6. The Morgan fingerprint density at radius 2 is 1.85 bits per heavy atom. The van der Waals surface area contributed by atoms with Crippen LogP contribution in [0, 0.1) is 28.1 Å². The van der Waals surface area contributed by atoms with Crippen LogP contribution >= 0.6 is 0 Å². The van der Waals surface area contributed by atoms with Crippen LogP contribution in [0.2, 0.25) is 0 Å². The molecule has 1 spiro atoms. The number of fused-ring (bicyclic) bond motifs is 1. The third-order valence-corrected chi connectivity index (χ3v) is 9.49. The largest absolute Gasteiger partial charge is 0.416 e. The van der Waals surface area contributed by atoms with Crippen LogP contribution in [0.4, 0.5) is 24.5 Å². The number of aromatic nitrogens is 3. The Balaban J connectivity index is 1.30. The summed E-state index contributed by atoms with van der Waals surface area (Å²) in [7, 11) is 1.79. The molecule has 0 bridgehead atoms. The Hall–Kier alpha value is -5.20. The second-order valence-corrected chi connectivity index (χ2v) is 12.8. The molecule has 4 aromatic rings. The van der Waals surface area contributed by atoms with Crippen LogP contribution in [0.5, 0.6) is 0 Å². The number of likely N-dealkylation sites (tertiary alicyclic amines) is 1. The fourth-order valence-corrected chi connectivity index (χ4v) is 6.89. The third kappa shape index (κ3) is 5.81. The summed E-state index contributed by atoms with van der Waals surface area (Å²) in [5, 5.41) is 30.3. The van der Waals surface area contributed by atoms with Gasteiger partial charge < -0.3 is 14.8 Å². The van der Waals surface area contributed by atoms with Crippen molar-refractivity contribution in [1.29, 1.82) is 10.5 Å². The van der Waals surface area contributed by atoms with E-state index in [0.29, 0.717) is 63.5 Å². The number of hydrogen-bond acceptors (Lipinski definition) is 7. The van der Waals surface area contributed by atoms with Gasteiger partial charge in [-0.1, -0.05) is 0 Å². The predicted octanol–water partition coefficient (Wildman–Crippen LogP) is 6.51. The molecule has 9 nitrogen and oxygen atoms in total. The van der Waals surface area contributed by atoms with Gasteiger partial charge in [-0.25, -0.2) is 0 Å². The summed E-state index contributed by atoms with van der Waals surface area (Å²) in [5.41, 5.74) is 3.34. The molecule has 1 saturated carbocycles. The van der Waals surface area contributed by atoms with Gasteiger partial charge in [-0.2, -0.15) is 23.7 Å². The molecule has 1 amide bonds. The molecule has 1 aromatic heterocycles. The Morgan fingerprint density at radius 3 is 2.53 bits per heavy atom. The Labute approximate surface area is 269 Å². The lowest BCUT2D eigenvalue weighted by Gasteiger charge is -2.20. The van der Waals surface area contributed by atoms with Gasteiger partial charge in [0.05, 0.1) is 36.2 Å². The quantitative estimate of drug-likeness (QED) is 0.219. The van der Waals surface area contributed by atoms with Crippen molar-refractivity contribution in [3.63, 3.8) is 0 Å². The van der Waals surface area contributed by atoms with E-state index in [1.165, 1.54) is 23.8 Å². The summed E-state index contributed by atoms with van der Waals surface area (Å²) < 4.78 is 45.3. The minimum Gasteiger partial charge on any atom is -0.384 e. The molecule has 1 aliphatic carbocycles. The Kier molecular flexibility index (Phi) is 7.48. The summed E-state index contributed by atoms with van der Waals surface area (Å²) in [4.78, 5) is 17.6. The van der Waals surface area contributed by atoms with E-state index >= 15 is 0 Å². The molecule has 238 valence electrons. The minimum absolute atomic E-state index is 0.0398. The molecular formula is C35H31F3N8O. The zero-order chi connectivity index (χ0) is 32.9. The highest BCUT2D eigenvalue weighted by Crippen LogP contribution is 2.53. The number of aryl methyl sites for hydroxylation is 1. The topological polar surface area (TPSA) is 114 Å². The molecule has 2 aliphatic heterocycles. The van der Waals surface area contributed by atoms with Gasteiger partial charge in [-0.05, 0) is 102 Å². The van der Waals surface area contributed by atoms with Crippen LogP contribution in [0.1, 0.15) is 58.3 Å². The standard InChI is InChI=1S/C35H31F3N8O/c1-44-21-42-43-32(44)27-4-3-22(17-40)11-28(27)24-14-25(41-9-2-8-39)16-26(15-24)46-19-30-29(33(46)47)12-23(13-31(30)35(36,37)38)18-45-10-7-34(20-45)5-6-34/h3-4,11-16,21,41H,2,5-7,9-10,18-20H2,1H3. The molecule has 3 aliphatic rings. The summed E-state index contributed by atoms with van der Waals surface area (Å²) in [6.45, 7) is 2.17. The number of halogens is 3. The SMILES string of the molecule is Cn1cnnc1-c1ccc(C#N)cc1-c1cc(NCCC#N)cc(N2Cc3c(cc(CN4CCC5(CC5)C4)cc3C(F)(F)F)C2=O)c1. The number of anilines is 2. The van der Waals surface area contributed by atoms with Crippen LogP contribution in [-0.4, -0.2) is 45.2 Å². The first kappa shape index (κ1) is 30.5. The van der Waals surface area contributed by atoms with Crippen LogP contribution < -0.4 is 10.2 Å². The molecule has 0 unspecified atom stereocenters. The average molecular weight is 637 g/mol. The first-order valence-corrected chi connectivity index (χ1v) is 15.5. The molecule has 0 atom stereocenters. The fourth-order valence-electron chi connectivity index (χ4n) is 6.89. The fraction of sp³-hybridized carbons (Fsp3) is 0.343. The summed E-state index contributed by atoms with van der Waals surface area (Å²) >= 11 is 0. The summed E-state index contributed by atoms with van der Waals surface area (Å²) in [6.07, 6.45) is 0.548. The van der Waals surface area contributed by atoms with E-state index < -0.39 is 17.6 Å². The molecule has 2 fully saturated rings. The van der Waals surface area contributed by atoms with E-state index in [1.807, 2.05) is 6.07 Å². The number of carbonyl (C=O) groups excluding carboxylic acids is 1. The predicted molar refractivity (Wildman–Crippen MR) is 169 cm³/mol. The highest BCUT2D eigenvalue weighted by Gasteiger charge is 2.47. The van der Waals surface area contributed by atoms with Crippen molar-refractivity contribution in [3.8, 4) is 34.7 Å². The van der Waals surface area contributed by atoms with Gasteiger partial charge in [-0.15, -0.1) is 10.2 Å². The lowest BCUT2D eigenvalue weighted by Crippen LogP contribution is -2.23. The number of nitrogens with one attached hydrogen (secondary N) is 1. The van der Waals surface area contributed by atoms with Crippen molar-refractivity contribution in [3.05, 3.63) is 82.7 Å². The normalized spacial score (nSPS) is 16.7. The van der Waals surface area contributed by atoms with E-state index in [1.54, 1.807) is 54.3 Å². The average Bonchev–Trinajstić information content (AvgIpc) is 3.31. The smallest absolute Gasteiger partial charge is 0.384 e. The minimum atomic E-state index is -4.63. The maximum absolute atomic E-state index is 14.5. The van der Waals surface area contributed by atoms with E-state index in [0.717, 1.165) is 19.5 Å². The number of rotatable bonds is 8. The van der Waals surface area contributed by atoms with Gasteiger partial charge in [0.1, 0.15) is 6.33 Å². The van der Waals surface area contributed by atoms with Crippen LogP contribution in [0.15, 0.2) is 54.9 Å². The second-order valence-electron chi connectivity index (χ2n) is 12.8. The highest BCUT2D eigenvalue weighted by atomic mass is 19.4. The van der Waals surface area contributed by atoms with Crippen LogP contribution in [0.25, 0.3) is 22.5 Å². The number of amides is 1. The molecule has 1 saturated heterocycles. The van der Waals surface area contributed by atoms with Gasteiger partial charge >= 0.3 is 6.18 Å². The van der Waals surface area contributed by atoms with Crippen LogP contribution in [-0.2, 0) is 26.3 Å². The van der Waals surface area contributed by atoms with Crippen molar-refractivity contribution >= 4 is 17.3 Å². The number of benzene rings is 3. The molecule has 0 radical (unpaired) electrons. The Bertz CT molecular complexity index is 1980. The lowest BCUT2D eigenvalue weighted by atomic mass is 9.95. The summed E-state index contributed by atoms with van der Waals surface area (Å²) in [6, 6.07) is 17.5. The number of nitriles is 2. The zero-order valence-corrected chi connectivity index (χ0v) is 25.7. The molecule has 3 heterocycles. The first-order chi connectivity index (χ1) is 22.6. The van der Waals surface area contributed by atoms with E-state index in [9.17, 15) is 23.2 Å². The first-order valence-electron chi connectivity index (χ1n) is 15.5. The van der Waals surface area contributed by atoms with Gasteiger partial charge in [0.25, 0.3) is 5.91 Å². The van der Waals surface area contributed by atoms with Gasteiger partial charge in [0.2, 0.25) is 0 Å². The van der Waals surface area contributed by atoms with Crippen molar-refractivity contribution in [2.24, 2.45) is 12.5 Å².